The van der Waals surface area contributed by atoms with Gasteiger partial charge in [0.15, 0.2) is 5.84 Å². The number of aryl methyl sites for hydroxylation is 1. The van der Waals surface area contributed by atoms with E-state index in [4.69, 9.17) is 4.74 Å². The summed E-state index contributed by atoms with van der Waals surface area (Å²) < 4.78 is 5.14. The molecule has 1 aliphatic rings. The van der Waals surface area contributed by atoms with Crippen LogP contribution in [0.2, 0.25) is 0 Å². The topological polar surface area (TPSA) is 65.5 Å². The summed E-state index contributed by atoms with van der Waals surface area (Å²) in [6, 6.07) is 10.2. The van der Waals surface area contributed by atoms with Crippen LogP contribution in [0.25, 0.3) is 0 Å². The maximum absolute atomic E-state index is 5.14. The average molecular weight is 285 g/mol. The van der Waals surface area contributed by atoms with E-state index in [1.807, 2.05) is 24.1 Å². The fourth-order valence-corrected chi connectivity index (χ4v) is 2.35. The van der Waals surface area contributed by atoms with Crippen LogP contribution in [-0.4, -0.2) is 41.3 Å². The minimum Gasteiger partial charge on any atom is -0.383 e. The Hall–Kier alpha value is -2.34. The van der Waals surface area contributed by atoms with E-state index in [9.17, 15) is 0 Å². The molecule has 2 N–H and O–H groups in total. The number of anilines is 1. The van der Waals surface area contributed by atoms with E-state index < -0.39 is 0 Å². The Balaban J connectivity index is 1.87. The number of nitrogens with one attached hydrogen (secondary N) is 2. The van der Waals surface area contributed by atoms with Crippen LogP contribution in [0.5, 0.6) is 0 Å². The van der Waals surface area contributed by atoms with Gasteiger partial charge in [0.25, 0.3) is 0 Å². The monoisotopic (exact) mass is 285 g/mol. The molecule has 6 heteroatoms. The molecule has 1 aromatic heterocycles. The van der Waals surface area contributed by atoms with Gasteiger partial charge in [-0.15, -0.1) is 0 Å². The van der Waals surface area contributed by atoms with E-state index in [0.29, 0.717) is 6.61 Å². The molecule has 0 radical (unpaired) electrons. The lowest BCUT2D eigenvalue weighted by Crippen LogP contribution is -2.31. The third kappa shape index (κ3) is 3.05. The van der Waals surface area contributed by atoms with Gasteiger partial charge in [-0.2, -0.15) is 10.2 Å². The number of ether oxygens (including phenoxy) is 1. The SMILES string of the molecule is COCCN1Cc2ccccc2C(Nc2cc(C)n[nH]2)=N1. The summed E-state index contributed by atoms with van der Waals surface area (Å²) in [7, 11) is 1.70. The molecule has 0 spiro atoms. The van der Waals surface area contributed by atoms with Gasteiger partial charge >= 0.3 is 0 Å². The Labute approximate surface area is 123 Å². The van der Waals surface area contributed by atoms with E-state index in [1.54, 1.807) is 7.11 Å². The fraction of sp³-hybridized carbons (Fsp3) is 0.333. The Kier molecular flexibility index (Phi) is 3.87. The van der Waals surface area contributed by atoms with Crippen molar-refractivity contribution >= 4 is 11.7 Å². The Bertz CT molecular complexity index is 649. The predicted molar refractivity (Wildman–Crippen MR) is 82.2 cm³/mol. The van der Waals surface area contributed by atoms with Gasteiger partial charge in [0, 0.05) is 18.7 Å². The van der Waals surface area contributed by atoms with Crippen LogP contribution in [0, 0.1) is 6.92 Å². The molecule has 0 amide bonds. The summed E-state index contributed by atoms with van der Waals surface area (Å²) >= 11 is 0. The number of hydrazone groups is 1. The van der Waals surface area contributed by atoms with Crippen LogP contribution in [-0.2, 0) is 11.3 Å². The highest BCUT2D eigenvalue weighted by Gasteiger charge is 2.19. The van der Waals surface area contributed by atoms with E-state index >= 15 is 0 Å². The van der Waals surface area contributed by atoms with Crippen LogP contribution in [0.3, 0.4) is 0 Å². The highest BCUT2D eigenvalue weighted by molar-refractivity contribution is 6.09. The van der Waals surface area contributed by atoms with Crippen molar-refractivity contribution in [2.24, 2.45) is 5.10 Å². The van der Waals surface area contributed by atoms with Crippen LogP contribution < -0.4 is 5.32 Å². The van der Waals surface area contributed by atoms with Crippen LogP contribution in [0.1, 0.15) is 16.8 Å². The van der Waals surface area contributed by atoms with Crippen molar-refractivity contribution in [2.75, 3.05) is 25.6 Å². The maximum Gasteiger partial charge on any atom is 0.159 e. The standard InChI is InChI=1S/C15H19N5O/c1-11-9-14(18-17-11)16-15-13-6-4-3-5-12(13)10-20(19-15)7-8-21-2/h3-6,9H,7-8,10H2,1-2H3,(H2,16,17,18,19). The molecular weight excluding hydrogens is 266 g/mol. The summed E-state index contributed by atoms with van der Waals surface area (Å²) in [5.41, 5.74) is 3.32. The number of rotatable bonds is 4. The summed E-state index contributed by atoms with van der Waals surface area (Å²) in [6.45, 7) is 4.16. The second-order valence-electron chi connectivity index (χ2n) is 5.03. The predicted octanol–water partition coefficient (Wildman–Crippen LogP) is 1.95. The van der Waals surface area contributed by atoms with Crippen molar-refractivity contribution in [3.8, 4) is 0 Å². The quantitative estimate of drug-likeness (QED) is 0.901. The smallest absolute Gasteiger partial charge is 0.159 e. The lowest BCUT2D eigenvalue weighted by Gasteiger charge is -2.27. The van der Waals surface area contributed by atoms with Crippen molar-refractivity contribution in [3.63, 3.8) is 0 Å². The van der Waals surface area contributed by atoms with Gasteiger partial charge in [0.1, 0.15) is 5.82 Å². The molecule has 0 fully saturated rings. The van der Waals surface area contributed by atoms with Crippen molar-refractivity contribution in [3.05, 3.63) is 47.2 Å². The van der Waals surface area contributed by atoms with Crippen molar-refractivity contribution < 1.29 is 4.74 Å². The van der Waals surface area contributed by atoms with E-state index in [1.165, 1.54) is 5.56 Å². The zero-order valence-electron chi connectivity index (χ0n) is 12.3. The first kappa shape index (κ1) is 13.6. The van der Waals surface area contributed by atoms with E-state index in [2.05, 4.69) is 38.8 Å². The summed E-state index contributed by atoms with van der Waals surface area (Å²) in [5.74, 6) is 1.67. The van der Waals surface area contributed by atoms with Crippen molar-refractivity contribution in [1.29, 1.82) is 0 Å². The number of hydrogen-bond acceptors (Lipinski definition) is 5. The van der Waals surface area contributed by atoms with Gasteiger partial charge in [-0.25, -0.2) is 0 Å². The number of H-pyrrole nitrogens is 1. The number of methoxy groups -OCH3 is 1. The third-order valence-electron chi connectivity index (χ3n) is 3.38. The summed E-state index contributed by atoms with van der Waals surface area (Å²) in [4.78, 5) is 0. The number of aromatic nitrogens is 2. The molecule has 3 rings (SSSR count). The largest absolute Gasteiger partial charge is 0.383 e. The first-order valence-electron chi connectivity index (χ1n) is 6.96. The van der Waals surface area contributed by atoms with Gasteiger partial charge in [0.2, 0.25) is 0 Å². The lowest BCUT2D eigenvalue weighted by molar-refractivity contribution is 0.145. The zero-order chi connectivity index (χ0) is 14.7. The van der Waals surface area contributed by atoms with Gasteiger partial charge in [-0.3, -0.25) is 10.1 Å². The number of hydrogen-bond donors (Lipinski definition) is 2. The minimum atomic E-state index is 0.655. The number of amidine groups is 1. The molecule has 0 saturated heterocycles. The number of benzene rings is 1. The Morgan fingerprint density at radius 2 is 2.24 bits per heavy atom. The minimum absolute atomic E-state index is 0.655. The van der Waals surface area contributed by atoms with Crippen molar-refractivity contribution in [1.82, 2.24) is 15.2 Å². The molecule has 1 aromatic carbocycles. The third-order valence-corrected chi connectivity index (χ3v) is 3.38. The second kappa shape index (κ2) is 5.97. The summed E-state index contributed by atoms with van der Waals surface area (Å²) in [6.07, 6.45) is 0. The molecule has 0 saturated carbocycles. The van der Waals surface area contributed by atoms with Crippen LogP contribution in [0.4, 0.5) is 5.82 Å². The molecule has 2 heterocycles. The lowest BCUT2D eigenvalue weighted by atomic mass is 10.1. The number of fused-ring (bicyclic) bond motifs is 1. The molecule has 6 nitrogen and oxygen atoms in total. The molecule has 2 aromatic rings. The second-order valence-corrected chi connectivity index (χ2v) is 5.03. The van der Waals surface area contributed by atoms with Gasteiger partial charge in [-0.1, -0.05) is 24.3 Å². The van der Waals surface area contributed by atoms with E-state index in [-0.39, 0.29) is 0 Å². The van der Waals surface area contributed by atoms with Gasteiger partial charge < -0.3 is 10.1 Å². The molecule has 0 bridgehead atoms. The Morgan fingerprint density at radius 3 is 3.00 bits per heavy atom. The highest BCUT2D eigenvalue weighted by Crippen LogP contribution is 2.20. The first-order valence-corrected chi connectivity index (χ1v) is 6.96. The molecule has 21 heavy (non-hydrogen) atoms. The van der Waals surface area contributed by atoms with E-state index in [0.717, 1.165) is 36.0 Å². The molecule has 0 atom stereocenters. The molecule has 0 unspecified atom stereocenters. The Morgan fingerprint density at radius 1 is 1.38 bits per heavy atom. The number of nitrogens with zero attached hydrogens (tertiary/aromatic N) is 3. The van der Waals surface area contributed by atoms with Gasteiger partial charge in [-0.05, 0) is 12.5 Å². The normalized spacial score (nSPS) is 13.8. The maximum atomic E-state index is 5.14. The summed E-state index contributed by atoms with van der Waals surface area (Å²) in [5, 5.41) is 17.1. The van der Waals surface area contributed by atoms with Crippen LogP contribution in [0.15, 0.2) is 35.4 Å². The molecular formula is C15H19N5O. The average Bonchev–Trinajstić information content (AvgIpc) is 2.90. The first-order chi connectivity index (χ1) is 10.3. The highest BCUT2D eigenvalue weighted by atomic mass is 16.5. The van der Waals surface area contributed by atoms with Gasteiger partial charge in [0.05, 0.1) is 25.4 Å². The van der Waals surface area contributed by atoms with Crippen LogP contribution >= 0.6 is 0 Å². The molecule has 110 valence electrons. The number of aromatic amines is 1. The van der Waals surface area contributed by atoms with Crippen molar-refractivity contribution in [2.45, 2.75) is 13.5 Å². The molecule has 0 aliphatic carbocycles. The zero-order valence-corrected chi connectivity index (χ0v) is 12.3. The molecule has 1 aliphatic heterocycles. The fourth-order valence-electron chi connectivity index (χ4n) is 2.35.